The summed E-state index contributed by atoms with van der Waals surface area (Å²) in [4.78, 5) is 6.42. The van der Waals surface area contributed by atoms with E-state index in [9.17, 15) is 0 Å². The molecule has 5 heteroatoms. The monoisotopic (exact) mass is 292 g/mol. The van der Waals surface area contributed by atoms with E-state index in [0.29, 0.717) is 0 Å². The first-order valence-electron chi connectivity index (χ1n) is 6.66. The molecule has 0 spiro atoms. The Balaban J connectivity index is 2.00. The maximum Gasteiger partial charge on any atom is 0.204 e. The van der Waals surface area contributed by atoms with E-state index in [4.69, 9.17) is 11.6 Å². The van der Waals surface area contributed by atoms with Gasteiger partial charge in [0.25, 0.3) is 0 Å². The van der Waals surface area contributed by atoms with Crippen molar-refractivity contribution in [1.82, 2.24) is 14.9 Å². The predicted octanol–water partition coefficient (Wildman–Crippen LogP) is 2.99. The van der Waals surface area contributed by atoms with E-state index in [0.717, 1.165) is 23.2 Å². The van der Waals surface area contributed by atoms with Gasteiger partial charge in [0.1, 0.15) is 0 Å². The van der Waals surface area contributed by atoms with E-state index in [1.807, 2.05) is 44.4 Å². The second-order valence-electron chi connectivity index (χ2n) is 5.16. The molecular formula is C15H21ClN4. The summed E-state index contributed by atoms with van der Waals surface area (Å²) in [6, 6.07) is 8.21. The minimum absolute atomic E-state index is 0.268. The Morgan fingerprint density at radius 1 is 1.30 bits per heavy atom. The number of rotatable bonds is 5. The molecular weight excluding hydrogens is 272 g/mol. The molecule has 0 saturated heterocycles. The summed E-state index contributed by atoms with van der Waals surface area (Å²) in [5, 5.41) is 4.27. The minimum atomic E-state index is 0.268. The molecule has 0 radical (unpaired) electrons. The number of hydrogen-bond acceptors (Lipinski definition) is 3. The molecule has 0 aliphatic rings. The van der Waals surface area contributed by atoms with E-state index in [1.54, 1.807) is 0 Å². The lowest BCUT2D eigenvalue weighted by atomic mass is 10.1. The van der Waals surface area contributed by atoms with E-state index >= 15 is 0 Å². The summed E-state index contributed by atoms with van der Waals surface area (Å²) in [6.07, 6.45) is 1.91. The highest BCUT2D eigenvalue weighted by Crippen LogP contribution is 2.17. The Labute approximate surface area is 125 Å². The number of halogens is 1. The maximum absolute atomic E-state index is 5.91. The van der Waals surface area contributed by atoms with Crippen LogP contribution >= 0.6 is 11.6 Å². The van der Waals surface area contributed by atoms with Gasteiger partial charge in [0.2, 0.25) is 5.95 Å². The Kier molecular flexibility index (Phi) is 4.68. The van der Waals surface area contributed by atoms with Gasteiger partial charge in [-0.25, -0.2) is 4.98 Å². The first kappa shape index (κ1) is 14.9. The van der Waals surface area contributed by atoms with Gasteiger partial charge in [-0.15, -0.1) is 0 Å². The van der Waals surface area contributed by atoms with Crippen molar-refractivity contribution < 1.29 is 0 Å². The van der Waals surface area contributed by atoms with Crippen molar-refractivity contribution in [1.29, 1.82) is 0 Å². The SMILES string of the molecule is CC(NCc1cnc(N(C)C)n1C)c1ccc(Cl)cc1. The van der Waals surface area contributed by atoms with Crippen LogP contribution in [0.5, 0.6) is 0 Å². The third kappa shape index (κ3) is 3.32. The van der Waals surface area contributed by atoms with Crippen LogP contribution in [0.4, 0.5) is 5.95 Å². The fourth-order valence-corrected chi connectivity index (χ4v) is 2.27. The van der Waals surface area contributed by atoms with E-state index in [2.05, 4.69) is 33.9 Å². The van der Waals surface area contributed by atoms with Crippen molar-refractivity contribution in [3.63, 3.8) is 0 Å². The van der Waals surface area contributed by atoms with Crippen LogP contribution in [-0.2, 0) is 13.6 Å². The van der Waals surface area contributed by atoms with Gasteiger partial charge in [-0.1, -0.05) is 23.7 Å². The number of nitrogens with zero attached hydrogens (tertiary/aromatic N) is 3. The number of anilines is 1. The third-order valence-electron chi connectivity index (χ3n) is 3.42. The highest BCUT2D eigenvalue weighted by molar-refractivity contribution is 6.30. The molecule has 0 aliphatic heterocycles. The second kappa shape index (κ2) is 6.29. The molecule has 1 heterocycles. The standard InChI is InChI=1S/C15H21ClN4/c1-11(12-5-7-13(16)8-6-12)17-9-14-10-18-15(19(2)3)20(14)4/h5-8,10-11,17H,9H2,1-4H3. The molecule has 0 amide bonds. The largest absolute Gasteiger partial charge is 0.348 e. The zero-order valence-electron chi connectivity index (χ0n) is 12.4. The molecule has 0 saturated carbocycles. The molecule has 2 aromatic rings. The van der Waals surface area contributed by atoms with E-state index in [1.165, 1.54) is 5.56 Å². The van der Waals surface area contributed by atoms with Crippen LogP contribution in [0.3, 0.4) is 0 Å². The molecule has 4 nitrogen and oxygen atoms in total. The van der Waals surface area contributed by atoms with Crippen LogP contribution in [0, 0.1) is 0 Å². The highest BCUT2D eigenvalue weighted by Gasteiger charge is 2.10. The van der Waals surface area contributed by atoms with Gasteiger partial charge < -0.3 is 14.8 Å². The fraction of sp³-hybridized carbons (Fsp3) is 0.400. The van der Waals surface area contributed by atoms with Crippen molar-refractivity contribution in [2.75, 3.05) is 19.0 Å². The van der Waals surface area contributed by atoms with Gasteiger partial charge in [0.15, 0.2) is 0 Å². The molecule has 0 aliphatic carbocycles. The Morgan fingerprint density at radius 3 is 2.50 bits per heavy atom. The zero-order chi connectivity index (χ0) is 14.7. The number of benzene rings is 1. The van der Waals surface area contributed by atoms with Crippen LogP contribution in [0.2, 0.25) is 5.02 Å². The average Bonchev–Trinajstić information content (AvgIpc) is 2.78. The lowest BCUT2D eigenvalue weighted by Gasteiger charge is -2.16. The highest BCUT2D eigenvalue weighted by atomic mass is 35.5. The molecule has 1 N–H and O–H groups in total. The van der Waals surface area contributed by atoms with Gasteiger partial charge in [0, 0.05) is 38.8 Å². The summed E-state index contributed by atoms with van der Waals surface area (Å²) in [6.45, 7) is 2.92. The molecule has 1 aromatic carbocycles. The zero-order valence-corrected chi connectivity index (χ0v) is 13.1. The summed E-state index contributed by atoms with van der Waals surface area (Å²) in [7, 11) is 6.03. The quantitative estimate of drug-likeness (QED) is 0.920. The van der Waals surface area contributed by atoms with Gasteiger partial charge >= 0.3 is 0 Å². The summed E-state index contributed by atoms with van der Waals surface area (Å²) in [5.74, 6) is 0.959. The average molecular weight is 293 g/mol. The van der Waals surface area contributed by atoms with Crippen LogP contribution in [-0.4, -0.2) is 23.6 Å². The molecule has 1 atom stereocenters. The first-order valence-corrected chi connectivity index (χ1v) is 7.03. The lowest BCUT2D eigenvalue weighted by molar-refractivity contribution is 0.558. The van der Waals surface area contributed by atoms with Gasteiger partial charge in [-0.2, -0.15) is 0 Å². The normalized spacial score (nSPS) is 12.4. The van der Waals surface area contributed by atoms with Crippen molar-refractivity contribution in [3.8, 4) is 0 Å². The predicted molar refractivity (Wildman–Crippen MR) is 84.2 cm³/mol. The molecule has 108 valence electrons. The first-order chi connectivity index (χ1) is 9.49. The summed E-state index contributed by atoms with van der Waals surface area (Å²) >= 11 is 5.91. The van der Waals surface area contributed by atoms with Gasteiger partial charge in [-0.3, -0.25) is 0 Å². The fourth-order valence-electron chi connectivity index (χ4n) is 2.14. The molecule has 20 heavy (non-hydrogen) atoms. The minimum Gasteiger partial charge on any atom is -0.348 e. The van der Waals surface area contributed by atoms with Crippen molar-refractivity contribution in [2.45, 2.75) is 19.5 Å². The number of nitrogens with one attached hydrogen (secondary N) is 1. The Bertz CT molecular complexity index is 560. The molecule has 2 rings (SSSR count). The number of imidazole rings is 1. The Hall–Kier alpha value is -1.52. The molecule has 0 bridgehead atoms. The van der Waals surface area contributed by atoms with E-state index in [-0.39, 0.29) is 6.04 Å². The van der Waals surface area contributed by atoms with Crippen LogP contribution in [0.1, 0.15) is 24.2 Å². The van der Waals surface area contributed by atoms with Gasteiger partial charge in [0.05, 0.1) is 11.9 Å². The topological polar surface area (TPSA) is 33.1 Å². The van der Waals surface area contributed by atoms with Crippen LogP contribution < -0.4 is 10.2 Å². The number of hydrogen-bond donors (Lipinski definition) is 1. The van der Waals surface area contributed by atoms with Crippen LogP contribution in [0.15, 0.2) is 30.5 Å². The summed E-state index contributed by atoms with van der Waals surface area (Å²) in [5.41, 5.74) is 2.39. The molecule has 1 unspecified atom stereocenters. The van der Waals surface area contributed by atoms with Crippen molar-refractivity contribution >= 4 is 17.5 Å². The van der Waals surface area contributed by atoms with Gasteiger partial charge in [-0.05, 0) is 24.6 Å². The van der Waals surface area contributed by atoms with Crippen molar-refractivity contribution in [3.05, 3.63) is 46.7 Å². The number of aromatic nitrogens is 2. The molecule has 1 aromatic heterocycles. The summed E-state index contributed by atoms with van der Waals surface area (Å²) < 4.78 is 2.10. The van der Waals surface area contributed by atoms with E-state index < -0.39 is 0 Å². The smallest absolute Gasteiger partial charge is 0.204 e. The van der Waals surface area contributed by atoms with Crippen molar-refractivity contribution in [2.24, 2.45) is 7.05 Å². The maximum atomic E-state index is 5.91. The third-order valence-corrected chi connectivity index (χ3v) is 3.67. The second-order valence-corrected chi connectivity index (χ2v) is 5.59. The Morgan fingerprint density at radius 2 is 1.95 bits per heavy atom. The van der Waals surface area contributed by atoms with Crippen LogP contribution in [0.25, 0.3) is 0 Å². The lowest BCUT2D eigenvalue weighted by Crippen LogP contribution is -2.20. The molecule has 0 fully saturated rings.